The third-order valence-electron chi connectivity index (χ3n) is 4.43. The summed E-state index contributed by atoms with van der Waals surface area (Å²) < 4.78 is 18.9. The zero-order chi connectivity index (χ0) is 18.6. The lowest BCUT2D eigenvalue weighted by Gasteiger charge is -2.32. The highest BCUT2D eigenvalue weighted by Gasteiger charge is 2.27. The molecule has 4 rings (SSSR count). The van der Waals surface area contributed by atoms with Gasteiger partial charge in [-0.1, -0.05) is 6.07 Å². The summed E-state index contributed by atoms with van der Waals surface area (Å²) in [6.07, 6.45) is 4.99. The lowest BCUT2D eigenvalue weighted by molar-refractivity contribution is 0.0700. The van der Waals surface area contributed by atoms with Crippen LogP contribution in [0.4, 0.5) is 4.39 Å². The summed E-state index contributed by atoms with van der Waals surface area (Å²) >= 11 is 1.41. The lowest BCUT2D eigenvalue weighted by atomic mass is 9.95. The molecule has 1 saturated heterocycles. The number of ether oxygens (including phenoxy) is 1. The number of hydrogen-bond donors (Lipinski definition) is 0. The first-order valence-electron chi connectivity index (χ1n) is 8.62. The number of nitrogens with zero attached hydrogens (tertiary/aromatic N) is 4. The molecule has 1 aliphatic rings. The molecule has 0 radical (unpaired) electrons. The van der Waals surface area contributed by atoms with Crippen LogP contribution >= 0.6 is 11.3 Å². The minimum atomic E-state index is -0.375. The van der Waals surface area contributed by atoms with Gasteiger partial charge in [-0.05, 0) is 25.0 Å². The van der Waals surface area contributed by atoms with E-state index in [1.165, 1.54) is 29.7 Å². The predicted molar refractivity (Wildman–Crippen MR) is 98.5 cm³/mol. The number of hydrogen-bond acceptors (Lipinski definition) is 6. The molecule has 27 heavy (non-hydrogen) atoms. The number of rotatable bonds is 4. The van der Waals surface area contributed by atoms with Gasteiger partial charge in [-0.15, -0.1) is 11.3 Å². The SMILES string of the molecule is O=C(c1cscn1)N1CCCC(c2cncc(Oc3cccc(F)c3)n2)C1. The van der Waals surface area contributed by atoms with Crippen molar-refractivity contribution >= 4 is 17.2 Å². The molecule has 1 atom stereocenters. The van der Waals surface area contributed by atoms with Crippen LogP contribution < -0.4 is 4.74 Å². The molecule has 6 nitrogen and oxygen atoms in total. The summed E-state index contributed by atoms with van der Waals surface area (Å²) in [5.41, 5.74) is 2.91. The minimum absolute atomic E-state index is 0.0546. The van der Waals surface area contributed by atoms with Gasteiger partial charge in [0.05, 0.1) is 17.4 Å². The Labute approximate surface area is 159 Å². The molecule has 1 aromatic carbocycles. The van der Waals surface area contributed by atoms with Crippen molar-refractivity contribution in [1.82, 2.24) is 19.9 Å². The van der Waals surface area contributed by atoms with E-state index in [9.17, 15) is 9.18 Å². The summed E-state index contributed by atoms with van der Waals surface area (Å²) in [4.78, 5) is 27.2. The largest absolute Gasteiger partial charge is 0.437 e. The van der Waals surface area contributed by atoms with Crippen molar-refractivity contribution in [2.24, 2.45) is 0 Å². The van der Waals surface area contributed by atoms with E-state index in [0.717, 1.165) is 18.5 Å². The first-order chi connectivity index (χ1) is 13.2. The van der Waals surface area contributed by atoms with E-state index in [1.807, 2.05) is 4.90 Å². The Morgan fingerprint density at radius 1 is 1.33 bits per heavy atom. The molecule has 0 saturated carbocycles. The molecule has 3 heterocycles. The molecule has 0 bridgehead atoms. The minimum Gasteiger partial charge on any atom is -0.437 e. The molecule has 2 aromatic heterocycles. The van der Waals surface area contributed by atoms with E-state index >= 15 is 0 Å². The Hall–Kier alpha value is -2.87. The standard InChI is InChI=1S/C19H17FN4O2S/c20-14-4-1-5-15(7-14)26-18-9-21-8-16(23-18)13-3-2-6-24(10-13)19(25)17-11-27-12-22-17/h1,4-5,7-9,11-13H,2-3,6,10H2. The van der Waals surface area contributed by atoms with E-state index in [4.69, 9.17) is 4.74 Å². The van der Waals surface area contributed by atoms with E-state index in [1.54, 1.807) is 29.2 Å². The normalized spacial score (nSPS) is 16.9. The number of aromatic nitrogens is 3. The highest BCUT2D eigenvalue weighted by atomic mass is 32.1. The van der Waals surface area contributed by atoms with Crippen LogP contribution in [0.5, 0.6) is 11.6 Å². The fraction of sp³-hybridized carbons (Fsp3) is 0.263. The summed E-state index contributed by atoms with van der Waals surface area (Å²) in [6, 6.07) is 5.88. The first kappa shape index (κ1) is 17.5. The van der Waals surface area contributed by atoms with Crippen LogP contribution in [-0.2, 0) is 0 Å². The van der Waals surface area contributed by atoms with Gasteiger partial charge < -0.3 is 9.64 Å². The summed E-state index contributed by atoms with van der Waals surface area (Å²) in [7, 11) is 0. The second-order valence-electron chi connectivity index (χ2n) is 6.31. The van der Waals surface area contributed by atoms with Gasteiger partial charge in [-0.25, -0.2) is 14.4 Å². The summed E-state index contributed by atoms with van der Waals surface area (Å²) in [5.74, 6) is 0.317. The maximum Gasteiger partial charge on any atom is 0.273 e. The average Bonchev–Trinajstić information content (AvgIpc) is 3.23. The molecule has 1 unspecified atom stereocenters. The van der Waals surface area contributed by atoms with Crippen LogP contribution in [0.1, 0.15) is 34.9 Å². The van der Waals surface area contributed by atoms with Gasteiger partial charge >= 0.3 is 0 Å². The monoisotopic (exact) mass is 384 g/mol. The summed E-state index contributed by atoms with van der Waals surface area (Å²) in [6.45, 7) is 1.27. The topological polar surface area (TPSA) is 68.2 Å². The van der Waals surface area contributed by atoms with Gasteiger partial charge in [0.25, 0.3) is 5.91 Å². The first-order valence-corrected chi connectivity index (χ1v) is 9.56. The number of benzene rings is 1. The van der Waals surface area contributed by atoms with E-state index < -0.39 is 0 Å². The molecule has 138 valence electrons. The van der Waals surface area contributed by atoms with Crippen LogP contribution in [0, 0.1) is 5.82 Å². The number of carbonyl (C=O) groups is 1. The predicted octanol–water partition coefficient (Wildman–Crippen LogP) is 3.88. The Morgan fingerprint density at radius 3 is 3.07 bits per heavy atom. The molecule has 1 fully saturated rings. The number of amides is 1. The van der Waals surface area contributed by atoms with Crippen molar-refractivity contribution < 1.29 is 13.9 Å². The van der Waals surface area contributed by atoms with Crippen molar-refractivity contribution in [3.8, 4) is 11.6 Å². The quantitative estimate of drug-likeness (QED) is 0.683. The molecular formula is C19H17FN4O2S. The Balaban J connectivity index is 1.48. The van der Waals surface area contributed by atoms with Gasteiger partial charge in [0.15, 0.2) is 0 Å². The van der Waals surface area contributed by atoms with E-state index in [2.05, 4.69) is 15.0 Å². The highest BCUT2D eigenvalue weighted by molar-refractivity contribution is 7.07. The molecule has 8 heteroatoms. The maximum atomic E-state index is 13.3. The number of thiazole rings is 1. The second kappa shape index (κ2) is 7.79. The van der Waals surface area contributed by atoms with Gasteiger partial charge in [0, 0.05) is 36.7 Å². The van der Waals surface area contributed by atoms with Crippen molar-refractivity contribution in [2.45, 2.75) is 18.8 Å². The second-order valence-corrected chi connectivity index (χ2v) is 7.02. The fourth-order valence-corrected chi connectivity index (χ4v) is 3.67. The zero-order valence-corrected chi connectivity index (χ0v) is 15.2. The van der Waals surface area contributed by atoms with Crippen LogP contribution in [0.2, 0.25) is 0 Å². The van der Waals surface area contributed by atoms with Crippen LogP contribution in [0.3, 0.4) is 0 Å². The number of piperidine rings is 1. The van der Waals surface area contributed by atoms with Crippen LogP contribution in [0.25, 0.3) is 0 Å². The van der Waals surface area contributed by atoms with Crippen LogP contribution in [0.15, 0.2) is 47.5 Å². The zero-order valence-electron chi connectivity index (χ0n) is 14.4. The third kappa shape index (κ3) is 4.11. The van der Waals surface area contributed by atoms with Gasteiger partial charge in [0.1, 0.15) is 17.3 Å². The Morgan fingerprint density at radius 2 is 2.26 bits per heavy atom. The molecule has 0 aliphatic carbocycles. The molecule has 1 aliphatic heterocycles. The smallest absolute Gasteiger partial charge is 0.273 e. The number of likely N-dealkylation sites (tertiary alicyclic amines) is 1. The van der Waals surface area contributed by atoms with Crippen molar-refractivity contribution in [2.75, 3.05) is 13.1 Å². The van der Waals surface area contributed by atoms with Gasteiger partial charge in [-0.2, -0.15) is 0 Å². The third-order valence-corrected chi connectivity index (χ3v) is 5.01. The number of carbonyl (C=O) groups excluding carboxylic acids is 1. The Bertz CT molecular complexity index is 935. The maximum absolute atomic E-state index is 13.3. The Kier molecular flexibility index (Phi) is 5.06. The van der Waals surface area contributed by atoms with Crippen molar-refractivity contribution in [3.63, 3.8) is 0 Å². The molecule has 0 N–H and O–H groups in total. The highest BCUT2D eigenvalue weighted by Crippen LogP contribution is 2.28. The number of halogens is 1. The van der Waals surface area contributed by atoms with Gasteiger partial charge in [0.2, 0.25) is 5.88 Å². The average molecular weight is 384 g/mol. The summed E-state index contributed by atoms with van der Waals surface area (Å²) in [5, 5.41) is 1.76. The lowest BCUT2D eigenvalue weighted by Crippen LogP contribution is -2.39. The molecule has 1 amide bonds. The molecule has 0 spiro atoms. The van der Waals surface area contributed by atoms with Crippen molar-refractivity contribution in [3.05, 3.63) is 64.8 Å². The van der Waals surface area contributed by atoms with Crippen molar-refractivity contribution in [1.29, 1.82) is 0 Å². The van der Waals surface area contributed by atoms with Gasteiger partial charge in [-0.3, -0.25) is 9.78 Å². The van der Waals surface area contributed by atoms with E-state index in [-0.39, 0.29) is 17.6 Å². The van der Waals surface area contributed by atoms with E-state index in [0.29, 0.717) is 30.4 Å². The molecule has 3 aromatic rings. The van der Waals surface area contributed by atoms with Crippen LogP contribution in [-0.4, -0.2) is 38.8 Å². The molecular weight excluding hydrogens is 367 g/mol. The fourth-order valence-electron chi connectivity index (χ4n) is 3.14.